The summed E-state index contributed by atoms with van der Waals surface area (Å²) in [6, 6.07) is 0. The molecule has 0 aromatic heterocycles. The van der Waals surface area contributed by atoms with E-state index in [1.54, 1.807) is 0 Å². The van der Waals surface area contributed by atoms with Crippen molar-refractivity contribution in [1.29, 1.82) is 0 Å². The summed E-state index contributed by atoms with van der Waals surface area (Å²) in [5, 5.41) is 9.88. The summed E-state index contributed by atoms with van der Waals surface area (Å²) in [6.45, 7) is 1.35. The predicted octanol–water partition coefficient (Wildman–Crippen LogP) is 0.670. The normalized spacial score (nSPS) is 26.8. The Kier molecular flexibility index (Phi) is 3.26. The molecule has 0 saturated heterocycles. The molecule has 4 nitrogen and oxygen atoms in total. The van der Waals surface area contributed by atoms with Gasteiger partial charge in [-0.15, -0.1) is 0 Å². The number of hydrogen-bond donors (Lipinski definition) is 1. The number of ether oxygens (including phenoxy) is 1. The summed E-state index contributed by atoms with van der Waals surface area (Å²) < 4.78 is 4.48. The number of aliphatic hydroxyl groups is 1. The number of rotatable bonds is 2. The van der Waals surface area contributed by atoms with Crippen molar-refractivity contribution >= 4 is 11.8 Å². The first-order chi connectivity index (χ1) is 6.50. The third-order valence-electron chi connectivity index (χ3n) is 2.83. The van der Waals surface area contributed by atoms with Crippen LogP contribution in [0.4, 0.5) is 0 Å². The van der Waals surface area contributed by atoms with E-state index in [4.69, 9.17) is 0 Å². The van der Waals surface area contributed by atoms with Crippen LogP contribution in [0.5, 0.6) is 0 Å². The molecule has 1 aliphatic rings. The maximum absolute atomic E-state index is 11.5. The smallest absolute Gasteiger partial charge is 0.338 e. The van der Waals surface area contributed by atoms with Gasteiger partial charge in [-0.2, -0.15) is 0 Å². The Bertz CT molecular complexity index is 245. The van der Waals surface area contributed by atoms with E-state index in [9.17, 15) is 14.7 Å². The second kappa shape index (κ2) is 4.09. The lowest BCUT2D eigenvalue weighted by atomic mass is 9.77. The number of ketones is 1. The minimum Gasteiger partial charge on any atom is -0.467 e. The van der Waals surface area contributed by atoms with Crippen LogP contribution in [0.2, 0.25) is 0 Å². The van der Waals surface area contributed by atoms with Gasteiger partial charge in [-0.3, -0.25) is 4.79 Å². The number of hydrogen-bond acceptors (Lipinski definition) is 4. The molecule has 0 bridgehead atoms. The molecule has 0 aromatic rings. The van der Waals surface area contributed by atoms with Crippen LogP contribution in [0.1, 0.15) is 32.6 Å². The lowest BCUT2D eigenvalue weighted by Gasteiger charge is -2.31. The Balaban J connectivity index is 2.79. The molecule has 0 heterocycles. The van der Waals surface area contributed by atoms with Crippen LogP contribution in [0.15, 0.2) is 0 Å². The fourth-order valence-corrected chi connectivity index (χ4v) is 1.93. The maximum atomic E-state index is 11.5. The third kappa shape index (κ3) is 1.95. The zero-order chi connectivity index (χ0) is 10.8. The van der Waals surface area contributed by atoms with Gasteiger partial charge in [-0.1, -0.05) is 6.42 Å². The topological polar surface area (TPSA) is 63.6 Å². The van der Waals surface area contributed by atoms with Crippen LogP contribution >= 0.6 is 0 Å². The Hall–Kier alpha value is -0.900. The maximum Gasteiger partial charge on any atom is 0.338 e. The van der Waals surface area contributed by atoms with Gasteiger partial charge in [0.1, 0.15) is 5.78 Å². The molecular formula is C10H16O4. The van der Waals surface area contributed by atoms with E-state index in [0.717, 1.165) is 12.8 Å². The summed E-state index contributed by atoms with van der Waals surface area (Å²) in [5.41, 5.74) is -1.66. The monoisotopic (exact) mass is 200 g/mol. The van der Waals surface area contributed by atoms with Crippen LogP contribution in [-0.4, -0.2) is 29.6 Å². The quantitative estimate of drug-likeness (QED) is 0.665. The van der Waals surface area contributed by atoms with Crippen LogP contribution in [-0.2, 0) is 14.3 Å². The molecule has 1 aliphatic carbocycles. The molecule has 0 aromatic carbocycles. The van der Waals surface area contributed by atoms with Gasteiger partial charge in [-0.25, -0.2) is 4.79 Å². The SMILES string of the molecule is COC(=O)C(C)(O)C1CCCCC1=O. The predicted molar refractivity (Wildman–Crippen MR) is 49.6 cm³/mol. The number of carbonyl (C=O) groups excluding carboxylic acids is 2. The number of methoxy groups -OCH3 is 1. The van der Waals surface area contributed by atoms with Gasteiger partial charge < -0.3 is 9.84 Å². The summed E-state index contributed by atoms with van der Waals surface area (Å²) in [4.78, 5) is 22.7. The molecule has 2 unspecified atom stereocenters. The molecule has 14 heavy (non-hydrogen) atoms. The number of Topliss-reactive ketones (excluding diaryl/α,β-unsaturated/α-hetero) is 1. The first kappa shape index (κ1) is 11.2. The largest absolute Gasteiger partial charge is 0.467 e. The molecule has 1 saturated carbocycles. The summed E-state index contributed by atoms with van der Waals surface area (Å²) in [5.74, 6) is -1.35. The minimum atomic E-state index is -1.66. The van der Waals surface area contributed by atoms with Crippen molar-refractivity contribution in [3.8, 4) is 0 Å². The Morgan fingerprint density at radius 1 is 1.57 bits per heavy atom. The van der Waals surface area contributed by atoms with Gasteiger partial charge in [0.15, 0.2) is 5.60 Å². The Morgan fingerprint density at radius 2 is 2.21 bits per heavy atom. The van der Waals surface area contributed by atoms with E-state index in [2.05, 4.69) is 4.74 Å². The summed E-state index contributed by atoms with van der Waals surface area (Å²) in [6.07, 6.45) is 2.76. The van der Waals surface area contributed by atoms with Crippen LogP contribution in [0.3, 0.4) is 0 Å². The highest BCUT2D eigenvalue weighted by Gasteiger charge is 2.44. The van der Waals surface area contributed by atoms with Crippen LogP contribution in [0, 0.1) is 5.92 Å². The molecule has 0 spiro atoms. The minimum absolute atomic E-state index is 0.0355. The van der Waals surface area contributed by atoms with E-state index in [1.165, 1.54) is 14.0 Å². The van der Waals surface area contributed by atoms with Gasteiger partial charge in [-0.05, 0) is 19.8 Å². The highest BCUT2D eigenvalue weighted by atomic mass is 16.5. The molecule has 1 fully saturated rings. The van der Waals surface area contributed by atoms with Gasteiger partial charge >= 0.3 is 5.97 Å². The molecule has 0 radical (unpaired) electrons. The molecule has 2 atom stereocenters. The van der Waals surface area contributed by atoms with E-state index in [-0.39, 0.29) is 5.78 Å². The van der Waals surface area contributed by atoms with E-state index in [1.807, 2.05) is 0 Å². The van der Waals surface area contributed by atoms with Gasteiger partial charge in [0.2, 0.25) is 0 Å². The highest BCUT2D eigenvalue weighted by molar-refractivity contribution is 5.90. The van der Waals surface area contributed by atoms with Crippen molar-refractivity contribution in [3.05, 3.63) is 0 Å². The first-order valence-electron chi connectivity index (χ1n) is 4.83. The van der Waals surface area contributed by atoms with Crippen molar-refractivity contribution in [2.45, 2.75) is 38.2 Å². The van der Waals surface area contributed by atoms with Crippen molar-refractivity contribution in [1.82, 2.24) is 0 Å². The van der Waals surface area contributed by atoms with Crippen molar-refractivity contribution in [2.24, 2.45) is 5.92 Å². The number of carbonyl (C=O) groups is 2. The van der Waals surface area contributed by atoms with Gasteiger partial charge in [0.05, 0.1) is 13.0 Å². The van der Waals surface area contributed by atoms with Crippen molar-refractivity contribution in [3.63, 3.8) is 0 Å². The van der Waals surface area contributed by atoms with E-state index >= 15 is 0 Å². The second-order valence-corrected chi connectivity index (χ2v) is 3.90. The molecular weight excluding hydrogens is 184 g/mol. The number of esters is 1. The highest BCUT2D eigenvalue weighted by Crippen LogP contribution is 2.30. The Labute approximate surface area is 83.2 Å². The lowest BCUT2D eigenvalue weighted by Crippen LogP contribution is -2.48. The van der Waals surface area contributed by atoms with Crippen LogP contribution < -0.4 is 0 Å². The molecule has 0 aliphatic heterocycles. The zero-order valence-electron chi connectivity index (χ0n) is 8.58. The summed E-state index contributed by atoms with van der Waals surface area (Å²) in [7, 11) is 1.21. The standard InChI is InChI=1S/C10H16O4/c1-10(13,9(12)14-2)7-5-3-4-6-8(7)11/h7,13H,3-6H2,1-2H3. The fourth-order valence-electron chi connectivity index (χ4n) is 1.93. The second-order valence-electron chi connectivity index (χ2n) is 3.90. The molecule has 0 amide bonds. The molecule has 80 valence electrons. The zero-order valence-corrected chi connectivity index (χ0v) is 8.58. The average Bonchev–Trinajstić information content (AvgIpc) is 2.17. The van der Waals surface area contributed by atoms with Gasteiger partial charge in [0.25, 0.3) is 0 Å². The fraction of sp³-hybridized carbons (Fsp3) is 0.800. The van der Waals surface area contributed by atoms with Crippen molar-refractivity contribution < 1.29 is 19.4 Å². The molecule has 1 N–H and O–H groups in total. The van der Waals surface area contributed by atoms with Crippen molar-refractivity contribution in [2.75, 3.05) is 7.11 Å². The van der Waals surface area contributed by atoms with E-state index < -0.39 is 17.5 Å². The molecule has 1 rings (SSSR count). The first-order valence-corrected chi connectivity index (χ1v) is 4.83. The third-order valence-corrected chi connectivity index (χ3v) is 2.83. The molecule has 4 heteroatoms. The van der Waals surface area contributed by atoms with Crippen LogP contribution in [0.25, 0.3) is 0 Å². The summed E-state index contributed by atoms with van der Waals surface area (Å²) >= 11 is 0. The van der Waals surface area contributed by atoms with Gasteiger partial charge in [0, 0.05) is 6.42 Å². The average molecular weight is 200 g/mol. The Morgan fingerprint density at radius 3 is 2.71 bits per heavy atom. The lowest BCUT2D eigenvalue weighted by molar-refractivity contribution is -0.170. The van der Waals surface area contributed by atoms with E-state index in [0.29, 0.717) is 12.8 Å².